The molecule has 17 heavy (non-hydrogen) atoms. The molecule has 1 amide bonds. The van der Waals surface area contributed by atoms with Gasteiger partial charge in [0.2, 0.25) is 5.91 Å². The van der Waals surface area contributed by atoms with Crippen molar-refractivity contribution in [1.29, 1.82) is 5.26 Å². The third-order valence-corrected chi connectivity index (χ3v) is 2.03. The minimum absolute atomic E-state index is 0.0486. The summed E-state index contributed by atoms with van der Waals surface area (Å²) in [5, 5.41) is 8.38. The molecule has 0 spiro atoms. The van der Waals surface area contributed by atoms with Crippen LogP contribution in [0.1, 0.15) is 20.3 Å². The van der Waals surface area contributed by atoms with E-state index in [1.807, 2.05) is 6.07 Å². The van der Waals surface area contributed by atoms with Gasteiger partial charge in [-0.2, -0.15) is 5.26 Å². The smallest absolute Gasteiger partial charge is 0.248 e. The highest BCUT2D eigenvalue weighted by molar-refractivity contribution is 5.77. The van der Waals surface area contributed by atoms with Gasteiger partial charge in [-0.25, -0.2) is 0 Å². The summed E-state index contributed by atoms with van der Waals surface area (Å²) in [7, 11) is 1.66. The molecular weight excluding hydrogens is 220 g/mol. The summed E-state index contributed by atoms with van der Waals surface area (Å²) >= 11 is 0. The molecule has 0 unspecified atom stereocenters. The van der Waals surface area contributed by atoms with E-state index >= 15 is 0 Å². The van der Waals surface area contributed by atoms with Gasteiger partial charge in [-0.15, -0.1) is 0 Å². The van der Waals surface area contributed by atoms with Crippen LogP contribution >= 0.6 is 0 Å². The standard InChI is InChI=1S/C12H22N2O3/c1-11(2)9-16-7-8-17-10-12(15)14(3)6-4-5-13/h11H,4,6-10H2,1-3H3. The van der Waals surface area contributed by atoms with Crippen molar-refractivity contribution < 1.29 is 14.3 Å². The number of hydrogen-bond donors (Lipinski definition) is 0. The van der Waals surface area contributed by atoms with Crippen molar-refractivity contribution in [2.24, 2.45) is 5.92 Å². The number of hydrogen-bond acceptors (Lipinski definition) is 4. The minimum atomic E-state index is -0.107. The predicted molar refractivity (Wildman–Crippen MR) is 64.3 cm³/mol. The Bertz CT molecular complexity index is 249. The Morgan fingerprint density at radius 1 is 1.35 bits per heavy atom. The predicted octanol–water partition coefficient (Wildman–Crippen LogP) is 1.05. The summed E-state index contributed by atoms with van der Waals surface area (Å²) < 4.78 is 10.5. The lowest BCUT2D eigenvalue weighted by molar-refractivity contribution is -0.135. The van der Waals surface area contributed by atoms with Crippen molar-refractivity contribution in [3.63, 3.8) is 0 Å². The second-order valence-electron chi connectivity index (χ2n) is 4.24. The first-order chi connectivity index (χ1) is 8.07. The van der Waals surface area contributed by atoms with Crippen molar-refractivity contribution in [3.05, 3.63) is 0 Å². The van der Waals surface area contributed by atoms with E-state index in [1.165, 1.54) is 4.90 Å². The van der Waals surface area contributed by atoms with Crippen LogP contribution in [-0.2, 0) is 14.3 Å². The lowest BCUT2D eigenvalue weighted by Gasteiger charge is -2.15. The monoisotopic (exact) mass is 242 g/mol. The number of amides is 1. The van der Waals surface area contributed by atoms with Gasteiger partial charge in [-0.3, -0.25) is 4.79 Å². The molecule has 0 heterocycles. The molecule has 0 atom stereocenters. The molecule has 0 bridgehead atoms. The molecule has 0 aliphatic heterocycles. The third kappa shape index (κ3) is 9.79. The maximum absolute atomic E-state index is 11.4. The van der Waals surface area contributed by atoms with Crippen LogP contribution in [0, 0.1) is 17.2 Å². The quantitative estimate of drug-likeness (QED) is 0.567. The number of rotatable bonds is 9. The largest absolute Gasteiger partial charge is 0.379 e. The fraction of sp³-hybridized carbons (Fsp3) is 0.833. The Labute approximate surface area is 103 Å². The third-order valence-electron chi connectivity index (χ3n) is 2.03. The molecule has 0 aromatic carbocycles. The first-order valence-corrected chi connectivity index (χ1v) is 5.84. The van der Waals surface area contributed by atoms with Crippen LogP contribution in [0.25, 0.3) is 0 Å². The number of carbonyl (C=O) groups is 1. The normalized spacial score (nSPS) is 10.3. The average molecular weight is 242 g/mol. The van der Waals surface area contributed by atoms with Crippen LogP contribution in [-0.4, -0.2) is 50.8 Å². The van der Waals surface area contributed by atoms with E-state index in [9.17, 15) is 4.79 Å². The lowest BCUT2D eigenvalue weighted by atomic mass is 10.2. The summed E-state index contributed by atoms with van der Waals surface area (Å²) in [6.45, 7) is 6.29. The van der Waals surface area contributed by atoms with Gasteiger partial charge in [-0.1, -0.05) is 13.8 Å². The number of carbonyl (C=O) groups excluding carboxylic acids is 1. The van der Waals surface area contributed by atoms with E-state index in [2.05, 4.69) is 13.8 Å². The van der Waals surface area contributed by atoms with Crippen LogP contribution in [0.2, 0.25) is 0 Å². The first-order valence-electron chi connectivity index (χ1n) is 5.84. The maximum Gasteiger partial charge on any atom is 0.248 e. The van der Waals surface area contributed by atoms with E-state index in [-0.39, 0.29) is 12.5 Å². The number of nitrogens with zero attached hydrogens (tertiary/aromatic N) is 2. The Morgan fingerprint density at radius 2 is 2.00 bits per heavy atom. The van der Waals surface area contributed by atoms with Crippen LogP contribution in [0.4, 0.5) is 0 Å². The number of nitriles is 1. The molecule has 98 valence electrons. The van der Waals surface area contributed by atoms with Crippen LogP contribution in [0.3, 0.4) is 0 Å². The maximum atomic E-state index is 11.4. The van der Waals surface area contributed by atoms with Crippen LogP contribution in [0.5, 0.6) is 0 Å². The molecule has 5 nitrogen and oxygen atoms in total. The van der Waals surface area contributed by atoms with Crippen LogP contribution in [0.15, 0.2) is 0 Å². The molecule has 0 aliphatic carbocycles. The molecule has 0 aliphatic rings. The van der Waals surface area contributed by atoms with E-state index in [0.717, 1.165) is 0 Å². The van der Waals surface area contributed by atoms with Gasteiger partial charge < -0.3 is 14.4 Å². The van der Waals surface area contributed by atoms with Crippen molar-refractivity contribution >= 4 is 5.91 Å². The van der Waals surface area contributed by atoms with Crippen molar-refractivity contribution in [3.8, 4) is 6.07 Å². The highest BCUT2D eigenvalue weighted by Gasteiger charge is 2.07. The molecule has 0 aromatic rings. The van der Waals surface area contributed by atoms with E-state index in [4.69, 9.17) is 14.7 Å². The SMILES string of the molecule is CC(C)COCCOCC(=O)N(C)CCC#N. The molecule has 0 rings (SSSR count). The van der Waals surface area contributed by atoms with Crippen molar-refractivity contribution in [1.82, 2.24) is 4.90 Å². The van der Waals surface area contributed by atoms with Gasteiger partial charge in [0, 0.05) is 20.2 Å². The average Bonchev–Trinajstić information content (AvgIpc) is 2.29. The highest BCUT2D eigenvalue weighted by atomic mass is 16.5. The molecule has 0 N–H and O–H groups in total. The highest BCUT2D eigenvalue weighted by Crippen LogP contribution is 1.93. The molecule has 5 heteroatoms. The summed E-state index contributed by atoms with van der Waals surface area (Å²) in [5.74, 6) is 0.401. The van der Waals surface area contributed by atoms with Gasteiger partial charge >= 0.3 is 0 Å². The molecule has 0 aromatic heterocycles. The van der Waals surface area contributed by atoms with E-state index < -0.39 is 0 Å². The lowest BCUT2D eigenvalue weighted by Crippen LogP contribution is -2.31. The summed E-state index contributed by atoms with van der Waals surface area (Å²) in [4.78, 5) is 12.9. The fourth-order valence-corrected chi connectivity index (χ4v) is 1.05. The summed E-state index contributed by atoms with van der Waals surface area (Å²) in [6, 6.07) is 1.99. The number of ether oxygens (including phenoxy) is 2. The zero-order valence-corrected chi connectivity index (χ0v) is 10.9. The topological polar surface area (TPSA) is 62.6 Å². The van der Waals surface area contributed by atoms with E-state index in [1.54, 1.807) is 7.05 Å². The molecule has 0 radical (unpaired) electrons. The first kappa shape index (κ1) is 15.9. The number of likely N-dealkylation sites (N-methyl/N-ethyl adjacent to an activating group) is 1. The van der Waals surface area contributed by atoms with Crippen LogP contribution < -0.4 is 0 Å². The molecule has 0 fully saturated rings. The summed E-state index contributed by atoms with van der Waals surface area (Å²) in [6.07, 6.45) is 0.347. The van der Waals surface area contributed by atoms with Gasteiger partial charge in [0.05, 0.1) is 25.7 Å². The second-order valence-corrected chi connectivity index (χ2v) is 4.24. The van der Waals surface area contributed by atoms with Crippen molar-refractivity contribution in [2.75, 3.05) is 40.0 Å². The zero-order chi connectivity index (χ0) is 13.1. The van der Waals surface area contributed by atoms with Gasteiger partial charge in [0.15, 0.2) is 0 Å². The minimum Gasteiger partial charge on any atom is -0.379 e. The van der Waals surface area contributed by atoms with Gasteiger partial charge in [-0.05, 0) is 5.92 Å². The Morgan fingerprint density at radius 3 is 2.59 bits per heavy atom. The fourth-order valence-electron chi connectivity index (χ4n) is 1.05. The van der Waals surface area contributed by atoms with Gasteiger partial charge in [0.1, 0.15) is 6.61 Å². The zero-order valence-electron chi connectivity index (χ0n) is 10.9. The second kappa shape index (κ2) is 10.1. The Balaban J connectivity index is 3.42. The Kier molecular flexibility index (Phi) is 9.40. The summed E-state index contributed by atoms with van der Waals surface area (Å²) in [5.41, 5.74) is 0. The molecule has 0 saturated heterocycles. The van der Waals surface area contributed by atoms with Crippen molar-refractivity contribution in [2.45, 2.75) is 20.3 Å². The van der Waals surface area contributed by atoms with Gasteiger partial charge in [0.25, 0.3) is 0 Å². The Hall–Kier alpha value is -1.12. The molecular formula is C12H22N2O3. The molecule has 0 saturated carbocycles. The van der Waals surface area contributed by atoms with E-state index in [0.29, 0.717) is 38.7 Å².